The summed E-state index contributed by atoms with van der Waals surface area (Å²) in [7, 11) is 0. The zero-order valence-electron chi connectivity index (χ0n) is 11.0. The Morgan fingerprint density at radius 1 is 1.33 bits per heavy atom. The highest BCUT2D eigenvalue weighted by molar-refractivity contribution is 5.85. The second-order valence-corrected chi connectivity index (χ2v) is 4.29. The fourth-order valence-corrected chi connectivity index (χ4v) is 1.57. The van der Waals surface area contributed by atoms with E-state index in [-0.39, 0.29) is 19.6 Å². The van der Waals surface area contributed by atoms with Crippen LogP contribution in [0.1, 0.15) is 24.0 Å². The van der Waals surface area contributed by atoms with Crippen molar-refractivity contribution in [2.45, 2.75) is 25.6 Å². The van der Waals surface area contributed by atoms with E-state index < -0.39 is 24.4 Å². The van der Waals surface area contributed by atoms with Crippen LogP contribution in [0.5, 0.6) is 0 Å². The second kappa shape index (κ2) is 7.78. The van der Waals surface area contributed by atoms with E-state index >= 15 is 0 Å². The smallest absolute Gasteiger partial charge is 0.389 e. The molecule has 1 rings (SSSR count). The number of hydrogen-bond acceptors (Lipinski definition) is 2. The topological polar surface area (TPSA) is 46.5 Å². The Kier molecular flexibility index (Phi) is 6.36. The highest BCUT2D eigenvalue weighted by Gasteiger charge is 2.25. The Labute approximate surface area is 118 Å². The van der Waals surface area contributed by atoms with Crippen molar-refractivity contribution in [1.29, 1.82) is 0 Å². The van der Waals surface area contributed by atoms with Gasteiger partial charge in [0.15, 0.2) is 0 Å². The molecule has 0 heterocycles. The summed E-state index contributed by atoms with van der Waals surface area (Å²) in [5.41, 5.74) is 0.814. The summed E-state index contributed by atoms with van der Waals surface area (Å²) in [6, 6.07) is 3.71. The molecule has 0 atom stereocenters. The molecule has 0 unspecified atom stereocenters. The molecule has 0 aliphatic heterocycles. The summed E-state index contributed by atoms with van der Waals surface area (Å²) >= 11 is 0. The molecule has 0 bridgehead atoms. The van der Waals surface area contributed by atoms with E-state index in [4.69, 9.17) is 9.84 Å². The van der Waals surface area contributed by atoms with Crippen molar-refractivity contribution in [2.75, 3.05) is 6.61 Å². The Morgan fingerprint density at radius 3 is 2.67 bits per heavy atom. The maximum absolute atomic E-state index is 13.1. The highest BCUT2D eigenvalue weighted by Crippen LogP contribution is 2.21. The molecule has 7 heteroatoms. The Balaban J connectivity index is 2.56. The molecule has 0 spiro atoms. The Morgan fingerprint density at radius 2 is 2.05 bits per heavy atom. The van der Waals surface area contributed by atoms with E-state index in [1.807, 2.05) is 0 Å². The molecule has 0 fully saturated rings. The van der Waals surface area contributed by atoms with Crippen molar-refractivity contribution in [2.24, 2.45) is 0 Å². The standard InChI is InChI=1S/C14H14F4O3/c15-12-4-2-11(10(8-12)3-5-13(19)20)9-21-7-1-6-14(16,17)18/h2-5,8H,1,6-7,9H2,(H,19,20)/b5-3+. The molecule has 1 aromatic rings. The molecular weight excluding hydrogens is 292 g/mol. The van der Waals surface area contributed by atoms with Crippen LogP contribution in [-0.2, 0) is 16.1 Å². The van der Waals surface area contributed by atoms with E-state index in [1.54, 1.807) is 0 Å². The van der Waals surface area contributed by atoms with Crippen molar-refractivity contribution in [3.63, 3.8) is 0 Å². The van der Waals surface area contributed by atoms with Gasteiger partial charge in [0.1, 0.15) is 5.82 Å². The lowest BCUT2D eigenvalue weighted by Crippen LogP contribution is -2.09. The molecular formula is C14H14F4O3. The van der Waals surface area contributed by atoms with Gasteiger partial charge in [0, 0.05) is 19.1 Å². The van der Waals surface area contributed by atoms with Crippen molar-refractivity contribution in [3.05, 3.63) is 41.2 Å². The largest absolute Gasteiger partial charge is 0.478 e. The molecule has 0 aliphatic rings. The van der Waals surface area contributed by atoms with Gasteiger partial charge >= 0.3 is 12.1 Å². The Bertz CT molecular complexity index is 509. The molecule has 0 aromatic heterocycles. The van der Waals surface area contributed by atoms with Crippen LogP contribution in [0.4, 0.5) is 17.6 Å². The van der Waals surface area contributed by atoms with E-state index in [2.05, 4.69) is 0 Å². The number of rotatable bonds is 7. The highest BCUT2D eigenvalue weighted by atomic mass is 19.4. The number of aliphatic carboxylic acids is 1. The number of alkyl halides is 3. The summed E-state index contributed by atoms with van der Waals surface area (Å²) in [5.74, 6) is -1.72. The van der Waals surface area contributed by atoms with Crippen molar-refractivity contribution in [1.82, 2.24) is 0 Å². The lowest BCUT2D eigenvalue weighted by Gasteiger charge is -2.09. The first kappa shape index (κ1) is 17.2. The molecule has 21 heavy (non-hydrogen) atoms. The van der Waals surface area contributed by atoms with Gasteiger partial charge in [-0.3, -0.25) is 0 Å². The number of carboxylic acid groups (broad SMARTS) is 1. The van der Waals surface area contributed by atoms with Crippen LogP contribution in [0.3, 0.4) is 0 Å². The Hall–Kier alpha value is -1.89. The van der Waals surface area contributed by atoms with Gasteiger partial charge in [0.2, 0.25) is 0 Å². The quantitative estimate of drug-likeness (QED) is 0.474. The van der Waals surface area contributed by atoms with Gasteiger partial charge in [-0.05, 0) is 35.8 Å². The van der Waals surface area contributed by atoms with Gasteiger partial charge in [-0.1, -0.05) is 6.07 Å². The van der Waals surface area contributed by atoms with Gasteiger partial charge in [-0.25, -0.2) is 9.18 Å². The van der Waals surface area contributed by atoms with Gasteiger partial charge in [0.25, 0.3) is 0 Å². The lowest BCUT2D eigenvalue weighted by atomic mass is 10.1. The third-order valence-corrected chi connectivity index (χ3v) is 2.52. The van der Waals surface area contributed by atoms with Crippen LogP contribution in [0.2, 0.25) is 0 Å². The van der Waals surface area contributed by atoms with Gasteiger partial charge in [-0.15, -0.1) is 0 Å². The fourth-order valence-electron chi connectivity index (χ4n) is 1.57. The summed E-state index contributed by atoms with van der Waals surface area (Å²) < 4.78 is 54.0. The average Bonchev–Trinajstić information content (AvgIpc) is 2.36. The molecule has 0 aliphatic carbocycles. The van der Waals surface area contributed by atoms with Gasteiger partial charge < -0.3 is 9.84 Å². The summed E-state index contributed by atoms with van der Waals surface area (Å²) in [6.45, 7) is -0.101. The molecule has 1 aromatic carbocycles. The molecule has 0 amide bonds. The van der Waals surface area contributed by atoms with E-state index in [1.165, 1.54) is 18.2 Å². The first-order valence-electron chi connectivity index (χ1n) is 6.12. The molecule has 0 saturated carbocycles. The van der Waals surface area contributed by atoms with Gasteiger partial charge in [-0.2, -0.15) is 13.2 Å². The lowest BCUT2D eigenvalue weighted by molar-refractivity contribution is -0.138. The minimum atomic E-state index is -4.21. The van der Waals surface area contributed by atoms with E-state index in [0.29, 0.717) is 11.1 Å². The zero-order valence-corrected chi connectivity index (χ0v) is 11.0. The van der Waals surface area contributed by atoms with Crippen LogP contribution in [0, 0.1) is 5.82 Å². The molecule has 3 nitrogen and oxygen atoms in total. The predicted octanol–water partition coefficient (Wildman–Crippen LogP) is 3.78. The third-order valence-electron chi connectivity index (χ3n) is 2.52. The van der Waals surface area contributed by atoms with Crippen LogP contribution in [-0.4, -0.2) is 23.9 Å². The number of carbonyl (C=O) groups is 1. The minimum Gasteiger partial charge on any atom is -0.478 e. The minimum absolute atomic E-state index is 0.0164. The maximum Gasteiger partial charge on any atom is 0.389 e. The third kappa shape index (κ3) is 7.45. The van der Waals surface area contributed by atoms with Crippen molar-refractivity contribution >= 4 is 12.0 Å². The first-order chi connectivity index (χ1) is 9.78. The SMILES string of the molecule is O=C(O)/C=C/c1cc(F)ccc1COCCCC(F)(F)F. The number of halogens is 4. The fraction of sp³-hybridized carbons (Fsp3) is 0.357. The maximum atomic E-state index is 13.1. The van der Waals surface area contributed by atoms with Crippen LogP contribution >= 0.6 is 0 Å². The first-order valence-corrected chi connectivity index (χ1v) is 6.12. The molecule has 1 N–H and O–H groups in total. The average molecular weight is 306 g/mol. The summed E-state index contributed by atoms with van der Waals surface area (Å²) in [4.78, 5) is 10.4. The molecule has 0 radical (unpaired) electrons. The van der Waals surface area contributed by atoms with Crippen molar-refractivity contribution < 1.29 is 32.2 Å². The predicted molar refractivity (Wildman–Crippen MR) is 68.0 cm³/mol. The number of hydrogen-bond donors (Lipinski definition) is 1. The molecule has 0 saturated heterocycles. The number of benzene rings is 1. The number of carboxylic acids is 1. The zero-order chi connectivity index (χ0) is 15.9. The van der Waals surface area contributed by atoms with Gasteiger partial charge in [0.05, 0.1) is 6.61 Å². The van der Waals surface area contributed by atoms with E-state index in [0.717, 1.165) is 12.1 Å². The van der Waals surface area contributed by atoms with Crippen LogP contribution in [0.15, 0.2) is 24.3 Å². The summed E-state index contributed by atoms with van der Waals surface area (Å²) in [6.07, 6.45) is -3.25. The van der Waals surface area contributed by atoms with Crippen LogP contribution < -0.4 is 0 Å². The normalized spacial score (nSPS) is 12.0. The number of ether oxygens (including phenoxy) is 1. The van der Waals surface area contributed by atoms with E-state index in [9.17, 15) is 22.4 Å². The summed E-state index contributed by atoms with van der Waals surface area (Å²) in [5, 5.41) is 8.54. The van der Waals surface area contributed by atoms with Crippen LogP contribution in [0.25, 0.3) is 6.08 Å². The second-order valence-electron chi connectivity index (χ2n) is 4.29. The molecule has 116 valence electrons. The monoisotopic (exact) mass is 306 g/mol. The van der Waals surface area contributed by atoms with Crippen molar-refractivity contribution in [3.8, 4) is 0 Å².